The molecule has 2 N–H and O–H groups in total. The van der Waals surface area contributed by atoms with E-state index in [2.05, 4.69) is 33.8 Å². The van der Waals surface area contributed by atoms with Crippen molar-refractivity contribution in [2.24, 2.45) is 0 Å². The summed E-state index contributed by atoms with van der Waals surface area (Å²) in [6.45, 7) is 3.86. The number of sulfone groups is 1. The molecule has 3 rings (SSSR count). The lowest BCUT2D eigenvalue weighted by Gasteiger charge is -2.17. The van der Waals surface area contributed by atoms with Gasteiger partial charge >= 0.3 is 5.97 Å². The van der Waals surface area contributed by atoms with E-state index >= 15 is 0 Å². The molecule has 0 spiro atoms. The van der Waals surface area contributed by atoms with Crippen LogP contribution in [0.5, 0.6) is 11.6 Å². The second-order valence-electron chi connectivity index (χ2n) is 6.10. The molecule has 0 aliphatic carbocycles. The summed E-state index contributed by atoms with van der Waals surface area (Å²) in [4.78, 5) is 13.0. The number of nitrogens with one attached hydrogen (secondary N) is 1. The van der Waals surface area contributed by atoms with Gasteiger partial charge in [0, 0.05) is 36.3 Å². The van der Waals surface area contributed by atoms with Crippen LogP contribution in [-0.2, 0) is 9.84 Å². The Balaban J connectivity index is 2.00. The predicted molar refractivity (Wildman–Crippen MR) is 104 cm³/mol. The fraction of sp³-hybridized carbons (Fsp3) is 0.105. The number of aromatic nitrogens is 3. The summed E-state index contributed by atoms with van der Waals surface area (Å²) in [5, 5.41) is 18.3. The third-order valence-corrected chi connectivity index (χ3v) is 5.03. The van der Waals surface area contributed by atoms with Crippen LogP contribution in [0.2, 0.25) is 0 Å². The number of allylic oxidation sites excluding steroid dienone is 3. The number of rotatable bonds is 4. The normalized spacial score (nSPS) is 13.5. The van der Waals surface area contributed by atoms with E-state index in [9.17, 15) is 13.2 Å². The summed E-state index contributed by atoms with van der Waals surface area (Å²) < 4.78 is 29.7. The zero-order chi connectivity index (χ0) is 21.2. The standard InChI is InChI=1S/C19H16N4O5S/c1-12-4-5-13(11-23(12)2)6-7-14-10-15(8-9-16(14)29(3,26)27)28-18-17(19(24)25)20-22-21-18/h4-5,8-11H,1H2,2-3H3,(H,24,25)(H,20,21,22). The van der Waals surface area contributed by atoms with Crippen LogP contribution >= 0.6 is 0 Å². The summed E-state index contributed by atoms with van der Waals surface area (Å²) in [6, 6.07) is 4.13. The molecule has 148 valence electrons. The monoisotopic (exact) mass is 412 g/mol. The van der Waals surface area contributed by atoms with Crippen molar-refractivity contribution in [1.29, 1.82) is 0 Å². The van der Waals surface area contributed by atoms with Gasteiger partial charge in [0.2, 0.25) is 5.69 Å². The highest BCUT2D eigenvalue weighted by atomic mass is 32.2. The van der Waals surface area contributed by atoms with E-state index in [0.717, 1.165) is 12.0 Å². The lowest BCUT2D eigenvalue weighted by Crippen LogP contribution is -2.10. The zero-order valence-electron chi connectivity index (χ0n) is 15.5. The molecule has 2 aromatic rings. The van der Waals surface area contributed by atoms with Crippen molar-refractivity contribution < 1.29 is 23.1 Å². The van der Waals surface area contributed by atoms with Crippen LogP contribution in [0.25, 0.3) is 0 Å². The van der Waals surface area contributed by atoms with E-state index in [0.29, 0.717) is 5.57 Å². The Morgan fingerprint density at radius 2 is 2.07 bits per heavy atom. The number of ether oxygens (including phenoxy) is 1. The SMILES string of the molecule is C=C1C=CC(C#Cc2cc(Oc3nn[nH]c3C(=O)O)ccc2S(C)(=O)=O)=CN1C. The van der Waals surface area contributed by atoms with E-state index in [4.69, 9.17) is 9.84 Å². The minimum atomic E-state index is -3.55. The number of benzene rings is 1. The number of carbonyl (C=O) groups is 1. The molecule has 29 heavy (non-hydrogen) atoms. The van der Waals surface area contributed by atoms with Gasteiger partial charge in [-0.3, -0.25) is 0 Å². The Morgan fingerprint density at radius 3 is 2.72 bits per heavy atom. The quantitative estimate of drug-likeness (QED) is 0.730. The maximum absolute atomic E-state index is 12.1. The van der Waals surface area contributed by atoms with Crippen LogP contribution in [0.4, 0.5) is 0 Å². The fourth-order valence-electron chi connectivity index (χ4n) is 2.39. The van der Waals surface area contributed by atoms with Crippen LogP contribution in [0, 0.1) is 11.8 Å². The number of carboxylic acids is 1. The molecule has 1 aromatic carbocycles. The number of nitrogens with zero attached hydrogens (tertiary/aromatic N) is 3. The zero-order valence-corrected chi connectivity index (χ0v) is 16.3. The number of hydrogen-bond acceptors (Lipinski definition) is 7. The fourth-order valence-corrected chi connectivity index (χ4v) is 3.21. The average molecular weight is 412 g/mol. The molecule has 0 fully saturated rings. The Bertz CT molecular complexity index is 1230. The smallest absolute Gasteiger partial charge is 0.359 e. The lowest BCUT2D eigenvalue weighted by molar-refractivity contribution is 0.0687. The Kier molecular flexibility index (Phi) is 5.25. The highest BCUT2D eigenvalue weighted by Crippen LogP contribution is 2.26. The third kappa shape index (κ3) is 4.53. The first-order valence-electron chi connectivity index (χ1n) is 8.15. The van der Waals surface area contributed by atoms with Crippen molar-refractivity contribution >= 4 is 15.8 Å². The summed E-state index contributed by atoms with van der Waals surface area (Å²) in [5.41, 5.74) is 1.33. The van der Waals surface area contributed by atoms with Crippen molar-refractivity contribution in [2.45, 2.75) is 4.90 Å². The first-order chi connectivity index (χ1) is 13.6. The molecule has 9 nitrogen and oxygen atoms in total. The van der Waals surface area contributed by atoms with Gasteiger partial charge in [-0.05, 0) is 30.4 Å². The second-order valence-corrected chi connectivity index (χ2v) is 8.08. The third-order valence-electron chi connectivity index (χ3n) is 3.88. The predicted octanol–water partition coefficient (Wildman–Crippen LogP) is 1.95. The first-order valence-corrected chi connectivity index (χ1v) is 10.0. The van der Waals surface area contributed by atoms with Crippen LogP contribution in [0.15, 0.2) is 59.3 Å². The molecule has 0 atom stereocenters. The minimum Gasteiger partial charge on any atom is -0.476 e. The summed E-state index contributed by atoms with van der Waals surface area (Å²) in [5.74, 6) is 4.37. The minimum absolute atomic E-state index is 0.0223. The van der Waals surface area contributed by atoms with E-state index < -0.39 is 15.8 Å². The highest BCUT2D eigenvalue weighted by Gasteiger charge is 2.18. The molecule has 1 aliphatic heterocycles. The van der Waals surface area contributed by atoms with Crippen molar-refractivity contribution in [3.05, 3.63) is 65.7 Å². The maximum atomic E-state index is 12.1. The Hall–Kier alpha value is -3.84. The van der Waals surface area contributed by atoms with Gasteiger partial charge in [0.15, 0.2) is 9.84 Å². The van der Waals surface area contributed by atoms with E-state index in [-0.39, 0.29) is 27.8 Å². The summed E-state index contributed by atoms with van der Waals surface area (Å²) in [6.07, 6.45) is 6.40. The van der Waals surface area contributed by atoms with E-state index in [1.165, 1.54) is 18.2 Å². The molecule has 0 saturated heterocycles. The average Bonchev–Trinajstić information content (AvgIpc) is 3.10. The largest absolute Gasteiger partial charge is 0.476 e. The number of carboxylic acid groups (broad SMARTS) is 1. The van der Waals surface area contributed by atoms with Crippen molar-refractivity contribution in [3.8, 4) is 23.5 Å². The number of H-pyrrole nitrogens is 1. The molecular formula is C19H16N4O5S. The number of hydrogen-bond donors (Lipinski definition) is 2. The molecule has 1 aromatic heterocycles. The van der Waals surface area contributed by atoms with Crippen molar-refractivity contribution in [3.63, 3.8) is 0 Å². The van der Waals surface area contributed by atoms with E-state index in [1.807, 2.05) is 7.05 Å². The molecule has 0 radical (unpaired) electrons. The summed E-state index contributed by atoms with van der Waals surface area (Å²) >= 11 is 0. The van der Waals surface area contributed by atoms with Crippen molar-refractivity contribution in [2.75, 3.05) is 13.3 Å². The van der Waals surface area contributed by atoms with Gasteiger partial charge < -0.3 is 14.7 Å². The maximum Gasteiger partial charge on any atom is 0.359 e. The van der Waals surface area contributed by atoms with Crippen molar-refractivity contribution in [1.82, 2.24) is 20.3 Å². The number of aromatic amines is 1. The lowest BCUT2D eigenvalue weighted by atomic mass is 10.1. The van der Waals surface area contributed by atoms with Gasteiger partial charge in [0.05, 0.1) is 4.90 Å². The van der Waals surface area contributed by atoms with Crippen LogP contribution in [0.1, 0.15) is 16.1 Å². The van der Waals surface area contributed by atoms with Gasteiger partial charge in [0.1, 0.15) is 5.75 Å². The van der Waals surface area contributed by atoms with Crippen LogP contribution < -0.4 is 4.74 Å². The molecular weight excluding hydrogens is 396 g/mol. The Morgan fingerprint density at radius 1 is 1.31 bits per heavy atom. The van der Waals surface area contributed by atoms with Gasteiger partial charge in [-0.15, -0.1) is 0 Å². The molecule has 0 unspecified atom stereocenters. The first kappa shape index (κ1) is 19.9. The van der Waals surface area contributed by atoms with Crippen LogP contribution in [0.3, 0.4) is 0 Å². The molecule has 0 saturated carbocycles. The van der Waals surface area contributed by atoms with E-state index in [1.54, 1.807) is 23.3 Å². The number of aromatic carboxylic acids is 1. The molecule has 0 amide bonds. The Labute approximate surface area is 166 Å². The molecule has 2 heterocycles. The second kappa shape index (κ2) is 7.65. The van der Waals surface area contributed by atoms with Gasteiger partial charge in [-0.1, -0.05) is 28.7 Å². The number of likely N-dealkylation sites (N-methyl/N-ethyl adjacent to an activating group) is 1. The highest BCUT2D eigenvalue weighted by molar-refractivity contribution is 7.90. The topological polar surface area (TPSA) is 125 Å². The van der Waals surface area contributed by atoms with Gasteiger partial charge in [-0.2, -0.15) is 0 Å². The van der Waals surface area contributed by atoms with Crippen LogP contribution in [-0.4, -0.2) is 53.1 Å². The molecule has 0 bridgehead atoms. The summed E-state index contributed by atoms with van der Waals surface area (Å²) in [7, 11) is -1.73. The van der Waals surface area contributed by atoms with Gasteiger partial charge in [0.25, 0.3) is 5.88 Å². The van der Waals surface area contributed by atoms with Gasteiger partial charge in [-0.25, -0.2) is 18.3 Å². The molecule has 1 aliphatic rings. The molecule has 10 heteroatoms.